The van der Waals surface area contributed by atoms with Crippen LogP contribution in [0.3, 0.4) is 0 Å². The monoisotopic (exact) mass is 498 g/mol. The Morgan fingerprint density at radius 2 is 1.81 bits per heavy atom. The lowest BCUT2D eigenvalue weighted by atomic mass is 9.62. The highest BCUT2D eigenvalue weighted by Crippen LogP contribution is 2.46. The highest BCUT2D eigenvalue weighted by Gasteiger charge is 2.41. The van der Waals surface area contributed by atoms with E-state index in [2.05, 4.69) is 46.5 Å². The van der Waals surface area contributed by atoms with Crippen LogP contribution in [0.5, 0.6) is 5.75 Å². The SMILES string of the molecule is C=C(C)[C@@H](NC(=O)c1ccc(OCC[C@@H]([O-])[C@H](C)[C@@H]2CC[C@@H](C)[C@@H]3CCC(C)OCC23)cc1)C(C)C. The van der Waals surface area contributed by atoms with E-state index in [4.69, 9.17) is 9.47 Å². The zero-order valence-electron chi connectivity index (χ0n) is 23.3. The summed E-state index contributed by atoms with van der Waals surface area (Å²) in [6, 6.07) is 7.10. The maximum absolute atomic E-state index is 13.2. The lowest BCUT2D eigenvalue weighted by molar-refractivity contribution is -0.438. The fraction of sp³-hybridized carbons (Fsp3) is 0.710. The number of ether oxygens (including phenoxy) is 2. The summed E-state index contributed by atoms with van der Waals surface area (Å²) in [6.45, 7) is 18.0. The summed E-state index contributed by atoms with van der Waals surface area (Å²) in [6.07, 6.45) is 4.88. The van der Waals surface area contributed by atoms with Crippen LogP contribution in [0.4, 0.5) is 0 Å². The summed E-state index contributed by atoms with van der Waals surface area (Å²) in [4.78, 5) is 12.6. The van der Waals surface area contributed by atoms with Crippen molar-refractivity contribution in [1.82, 2.24) is 5.32 Å². The molecule has 0 bridgehead atoms. The molecule has 1 amide bonds. The van der Waals surface area contributed by atoms with Gasteiger partial charge in [0.05, 0.1) is 25.4 Å². The fourth-order valence-electron chi connectivity index (χ4n) is 6.42. The zero-order chi connectivity index (χ0) is 26.4. The molecule has 1 N–H and O–H groups in total. The van der Waals surface area contributed by atoms with Gasteiger partial charge in [-0.1, -0.05) is 52.2 Å². The Labute approximate surface area is 219 Å². The van der Waals surface area contributed by atoms with E-state index in [1.165, 1.54) is 12.8 Å². The molecular formula is C31H48NO4-. The van der Waals surface area contributed by atoms with Gasteiger partial charge in [-0.3, -0.25) is 4.79 Å². The summed E-state index contributed by atoms with van der Waals surface area (Å²) < 4.78 is 12.0. The van der Waals surface area contributed by atoms with E-state index in [0.717, 1.165) is 30.9 Å². The van der Waals surface area contributed by atoms with E-state index in [0.29, 0.717) is 48.2 Å². The second-order valence-corrected chi connectivity index (χ2v) is 11.9. The summed E-state index contributed by atoms with van der Waals surface area (Å²) in [5.74, 6) is 3.30. The van der Waals surface area contributed by atoms with Gasteiger partial charge in [-0.05, 0) is 93.4 Å². The Kier molecular flexibility index (Phi) is 10.4. The van der Waals surface area contributed by atoms with E-state index >= 15 is 0 Å². The fourth-order valence-corrected chi connectivity index (χ4v) is 6.42. The molecule has 1 saturated carbocycles. The molecule has 2 unspecified atom stereocenters. The first kappa shape index (κ1) is 28.7. The summed E-state index contributed by atoms with van der Waals surface area (Å²) >= 11 is 0. The molecule has 8 atom stereocenters. The molecule has 36 heavy (non-hydrogen) atoms. The van der Waals surface area contributed by atoms with Crippen molar-refractivity contribution >= 4 is 5.91 Å². The Balaban J connectivity index is 1.49. The van der Waals surface area contributed by atoms with Gasteiger partial charge in [0.2, 0.25) is 0 Å². The van der Waals surface area contributed by atoms with Gasteiger partial charge < -0.3 is 19.9 Å². The first-order valence-corrected chi connectivity index (χ1v) is 14.0. The minimum atomic E-state index is -0.648. The van der Waals surface area contributed by atoms with Gasteiger partial charge in [0, 0.05) is 5.56 Å². The van der Waals surface area contributed by atoms with Crippen LogP contribution in [0.25, 0.3) is 0 Å². The Hall–Kier alpha value is -1.85. The maximum atomic E-state index is 13.2. The summed E-state index contributed by atoms with van der Waals surface area (Å²) in [5, 5.41) is 16.2. The van der Waals surface area contributed by atoms with Crippen molar-refractivity contribution in [3.63, 3.8) is 0 Å². The van der Waals surface area contributed by atoms with Crippen LogP contribution in [0.15, 0.2) is 36.4 Å². The third kappa shape index (κ3) is 7.35. The molecule has 2 fully saturated rings. The number of carbonyl (C=O) groups is 1. The van der Waals surface area contributed by atoms with E-state index in [1.807, 2.05) is 6.92 Å². The third-order valence-electron chi connectivity index (χ3n) is 8.80. The number of nitrogens with one attached hydrogen (secondary N) is 1. The van der Waals surface area contributed by atoms with Gasteiger partial charge in [0.1, 0.15) is 5.75 Å². The van der Waals surface area contributed by atoms with Crippen LogP contribution in [-0.4, -0.2) is 37.4 Å². The quantitative estimate of drug-likeness (QED) is 0.425. The highest BCUT2D eigenvalue weighted by molar-refractivity contribution is 5.94. The third-order valence-corrected chi connectivity index (χ3v) is 8.80. The Morgan fingerprint density at radius 1 is 1.11 bits per heavy atom. The van der Waals surface area contributed by atoms with Crippen molar-refractivity contribution in [2.75, 3.05) is 13.2 Å². The summed E-state index contributed by atoms with van der Waals surface area (Å²) in [5.41, 5.74) is 1.53. The van der Waals surface area contributed by atoms with Crippen LogP contribution in [0.2, 0.25) is 0 Å². The van der Waals surface area contributed by atoms with Gasteiger partial charge in [-0.2, -0.15) is 0 Å². The number of fused-ring (bicyclic) bond motifs is 1. The number of hydrogen-bond donors (Lipinski definition) is 1. The number of carbonyl (C=O) groups excluding carboxylic acids is 1. The van der Waals surface area contributed by atoms with Gasteiger partial charge in [0.15, 0.2) is 0 Å². The molecule has 1 saturated heterocycles. The predicted molar refractivity (Wildman–Crippen MR) is 144 cm³/mol. The van der Waals surface area contributed by atoms with Crippen LogP contribution in [0, 0.1) is 35.5 Å². The maximum Gasteiger partial charge on any atom is 0.251 e. The topological polar surface area (TPSA) is 70.6 Å². The van der Waals surface area contributed by atoms with Gasteiger partial charge in [0.25, 0.3) is 5.91 Å². The molecule has 5 nitrogen and oxygen atoms in total. The van der Waals surface area contributed by atoms with Crippen molar-refractivity contribution in [3.05, 3.63) is 42.0 Å². The second kappa shape index (κ2) is 13.1. The lowest BCUT2D eigenvalue weighted by Gasteiger charge is -2.47. The van der Waals surface area contributed by atoms with E-state index in [9.17, 15) is 9.90 Å². The normalized spacial score (nSPS) is 28.9. The van der Waals surface area contributed by atoms with Gasteiger partial charge >= 0.3 is 0 Å². The molecule has 0 spiro atoms. The van der Waals surface area contributed by atoms with Gasteiger partial charge in [-0.25, -0.2) is 0 Å². The molecule has 5 heteroatoms. The van der Waals surface area contributed by atoms with Crippen molar-refractivity contribution in [3.8, 4) is 5.75 Å². The molecule has 202 valence electrons. The van der Waals surface area contributed by atoms with E-state index in [-0.39, 0.29) is 23.8 Å². The predicted octanol–water partition coefficient (Wildman–Crippen LogP) is 5.63. The second-order valence-electron chi connectivity index (χ2n) is 11.9. The first-order valence-electron chi connectivity index (χ1n) is 14.0. The molecule has 3 rings (SSSR count). The van der Waals surface area contributed by atoms with Crippen LogP contribution in [0.1, 0.15) is 84.0 Å². The molecule has 2 aliphatic rings. The Bertz CT molecular complexity index is 851. The van der Waals surface area contributed by atoms with Crippen molar-refractivity contribution in [2.24, 2.45) is 35.5 Å². The highest BCUT2D eigenvalue weighted by atomic mass is 16.5. The van der Waals surface area contributed by atoms with Crippen molar-refractivity contribution in [1.29, 1.82) is 0 Å². The van der Waals surface area contributed by atoms with Crippen molar-refractivity contribution in [2.45, 2.75) is 91.9 Å². The molecule has 1 aromatic carbocycles. The van der Waals surface area contributed by atoms with Gasteiger partial charge in [-0.15, -0.1) is 6.10 Å². The lowest BCUT2D eigenvalue weighted by Crippen LogP contribution is -2.45. The molecule has 1 aromatic rings. The molecule has 0 aromatic heterocycles. The van der Waals surface area contributed by atoms with Crippen LogP contribution in [-0.2, 0) is 4.74 Å². The van der Waals surface area contributed by atoms with Crippen LogP contribution >= 0.6 is 0 Å². The first-order chi connectivity index (χ1) is 17.1. The molecule has 0 radical (unpaired) electrons. The molecule has 1 aliphatic carbocycles. The van der Waals surface area contributed by atoms with E-state index in [1.54, 1.807) is 24.3 Å². The zero-order valence-corrected chi connectivity index (χ0v) is 23.3. The average molecular weight is 499 g/mol. The number of hydrogen-bond acceptors (Lipinski definition) is 4. The number of benzene rings is 1. The van der Waals surface area contributed by atoms with Crippen molar-refractivity contribution < 1.29 is 19.4 Å². The van der Waals surface area contributed by atoms with E-state index < -0.39 is 6.10 Å². The smallest absolute Gasteiger partial charge is 0.251 e. The minimum Gasteiger partial charge on any atom is -0.852 e. The average Bonchev–Trinajstić information content (AvgIpc) is 3.04. The minimum absolute atomic E-state index is 0.0555. The Morgan fingerprint density at radius 3 is 2.44 bits per heavy atom. The summed E-state index contributed by atoms with van der Waals surface area (Å²) in [7, 11) is 0. The molecule has 1 heterocycles. The molecular weight excluding hydrogens is 450 g/mol. The largest absolute Gasteiger partial charge is 0.852 e. The van der Waals surface area contributed by atoms with Crippen LogP contribution < -0.4 is 15.2 Å². The number of amides is 1. The standard InChI is InChI=1S/C31H48NO4/c1-19(2)30(20(3)4)32-31(34)24-10-12-25(13-11-24)35-17-16-29(33)23(7)27-14-8-21(5)26-15-9-22(6)36-18-28(26)27/h10-13,20-23,26-30H,1,8-9,14-18H2,2-7H3,(H,32,34)/q-1/t21-,22?,23-,26+,27+,28?,29-,30-/m1/s1. The molecule has 1 aliphatic heterocycles. The number of rotatable bonds is 10.